The number of rotatable bonds is 3. The minimum absolute atomic E-state index is 0.403. The topological polar surface area (TPSA) is 76.3 Å². The van der Waals surface area contributed by atoms with Crippen molar-refractivity contribution in [2.45, 2.75) is 0 Å². The van der Waals surface area contributed by atoms with Gasteiger partial charge in [-0.05, 0) is 24.3 Å². The van der Waals surface area contributed by atoms with Crippen LogP contribution < -0.4 is 16.0 Å². The molecule has 0 spiro atoms. The van der Waals surface area contributed by atoms with Crippen LogP contribution in [0.4, 0.5) is 23.0 Å². The minimum atomic E-state index is 0.403. The zero-order valence-corrected chi connectivity index (χ0v) is 11.1. The van der Waals surface area contributed by atoms with Crippen molar-refractivity contribution >= 4 is 23.0 Å². The minimum Gasteiger partial charge on any atom is -0.382 e. The summed E-state index contributed by atoms with van der Waals surface area (Å²) in [4.78, 5) is 10.5. The van der Waals surface area contributed by atoms with Crippen LogP contribution >= 0.6 is 0 Å². The summed E-state index contributed by atoms with van der Waals surface area (Å²) in [5.74, 6) is 1.05. The summed E-state index contributed by atoms with van der Waals surface area (Å²) < 4.78 is 5.35. The van der Waals surface area contributed by atoms with Gasteiger partial charge < -0.3 is 20.7 Å². The number of benzene rings is 1. The number of anilines is 4. The van der Waals surface area contributed by atoms with E-state index < -0.39 is 0 Å². The van der Waals surface area contributed by atoms with Crippen LogP contribution in [0.5, 0.6) is 0 Å². The van der Waals surface area contributed by atoms with Gasteiger partial charge in [0.05, 0.1) is 25.6 Å². The Morgan fingerprint density at radius 1 is 1.10 bits per heavy atom. The Balaban J connectivity index is 1.69. The van der Waals surface area contributed by atoms with Crippen LogP contribution in [-0.2, 0) is 4.74 Å². The van der Waals surface area contributed by atoms with Crippen LogP contribution in [0.1, 0.15) is 0 Å². The van der Waals surface area contributed by atoms with E-state index in [0.29, 0.717) is 11.6 Å². The Kier molecular flexibility index (Phi) is 3.64. The van der Waals surface area contributed by atoms with E-state index in [1.54, 1.807) is 6.20 Å². The SMILES string of the molecule is Nc1cncc(Nc2ccc(N3CCOCC3)cc2)n1. The highest BCUT2D eigenvalue weighted by atomic mass is 16.5. The summed E-state index contributed by atoms with van der Waals surface area (Å²) in [6, 6.07) is 8.23. The molecule has 6 nitrogen and oxygen atoms in total. The highest BCUT2D eigenvalue weighted by Gasteiger charge is 2.10. The van der Waals surface area contributed by atoms with Gasteiger partial charge in [-0.3, -0.25) is 4.98 Å². The summed E-state index contributed by atoms with van der Waals surface area (Å²) in [5.41, 5.74) is 7.77. The molecule has 1 aromatic heterocycles. The van der Waals surface area contributed by atoms with Crippen molar-refractivity contribution in [1.82, 2.24) is 9.97 Å². The lowest BCUT2D eigenvalue weighted by molar-refractivity contribution is 0.122. The molecule has 6 heteroatoms. The molecule has 2 aromatic rings. The zero-order valence-electron chi connectivity index (χ0n) is 11.1. The van der Waals surface area contributed by atoms with Crippen LogP contribution in [0, 0.1) is 0 Å². The van der Waals surface area contributed by atoms with Gasteiger partial charge in [0, 0.05) is 24.5 Å². The Bertz CT molecular complexity index is 566. The number of nitrogen functional groups attached to an aromatic ring is 1. The van der Waals surface area contributed by atoms with Gasteiger partial charge in [-0.2, -0.15) is 0 Å². The average Bonchev–Trinajstić information content (AvgIpc) is 2.49. The van der Waals surface area contributed by atoms with Crippen molar-refractivity contribution < 1.29 is 4.74 Å². The number of ether oxygens (including phenoxy) is 1. The molecule has 1 saturated heterocycles. The van der Waals surface area contributed by atoms with E-state index in [4.69, 9.17) is 10.5 Å². The summed E-state index contributed by atoms with van der Waals surface area (Å²) in [7, 11) is 0. The summed E-state index contributed by atoms with van der Waals surface area (Å²) in [6.45, 7) is 3.46. The van der Waals surface area contributed by atoms with E-state index in [1.807, 2.05) is 12.1 Å². The van der Waals surface area contributed by atoms with Crippen LogP contribution in [-0.4, -0.2) is 36.3 Å². The van der Waals surface area contributed by atoms with Crippen molar-refractivity contribution in [3.05, 3.63) is 36.7 Å². The first kappa shape index (κ1) is 12.7. The molecule has 0 saturated carbocycles. The third-order valence-electron chi connectivity index (χ3n) is 3.17. The third kappa shape index (κ3) is 2.97. The Morgan fingerprint density at radius 2 is 1.85 bits per heavy atom. The molecule has 3 N–H and O–H groups in total. The van der Waals surface area contributed by atoms with Crippen molar-refractivity contribution in [1.29, 1.82) is 0 Å². The highest BCUT2D eigenvalue weighted by molar-refractivity contribution is 5.61. The van der Waals surface area contributed by atoms with Gasteiger partial charge in [0.1, 0.15) is 5.82 Å². The van der Waals surface area contributed by atoms with Crippen molar-refractivity contribution in [2.24, 2.45) is 0 Å². The monoisotopic (exact) mass is 271 g/mol. The second-order valence-electron chi connectivity index (χ2n) is 4.60. The Morgan fingerprint density at radius 3 is 2.55 bits per heavy atom. The molecule has 1 fully saturated rings. The summed E-state index contributed by atoms with van der Waals surface area (Å²) in [6.07, 6.45) is 3.17. The summed E-state index contributed by atoms with van der Waals surface area (Å²) in [5, 5.41) is 3.18. The molecule has 20 heavy (non-hydrogen) atoms. The maximum Gasteiger partial charge on any atom is 0.151 e. The lowest BCUT2D eigenvalue weighted by atomic mass is 10.2. The largest absolute Gasteiger partial charge is 0.382 e. The molecule has 0 aliphatic carbocycles. The number of hydrogen-bond acceptors (Lipinski definition) is 6. The van der Waals surface area contributed by atoms with Crippen LogP contribution in [0.15, 0.2) is 36.7 Å². The van der Waals surface area contributed by atoms with Crippen molar-refractivity contribution in [3.8, 4) is 0 Å². The Labute approximate surface area is 117 Å². The number of morpholine rings is 1. The molecule has 1 aliphatic heterocycles. The third-order valence-corrected chi connectivity index (χ3v) is 3.17. The molecular weight excluding hydrogens is 254 g/mol. The fourth-order valence-corrected chi connectivity index (χ4v) is 2.17. The molecular formula is C14H17N5O. The standard InChI is InChI=1S/C14H17N5O/c15-13-9-16-10-14(18-13)17-11-1-3-12(4-2-11)19-5-7-20-8-6-19/h1-4,9-10H,5-8H2,(H3,15,17,18). The van der Waals surface area contributed by atoms with E-state index in [1.165, 1.54) is 11.9 Å². The number of nitrogens with one attached hydrogen (secondary N) is 1. The quantitative estimate of drug-likeness (QED) is 0.883. The summed E-state index contributed by atoms with van der Waals surface area (Å²) >= 11 is 0. The van der Waals surface area contributed by atoms with Gasteiger partial charge in [-0.1, -0.05) is 0 Å². The van der Waals surface area contributed by atoms with E-state index in [9.17, 15) is 0 Å². The van der Waals surface area contributed by atoms with E-state index >= 15 is 0 Å². The highest BCUT2D eigenvalue weighted by Crippen LogP contribution is 2.21. The lowest BCUT2D eigenvalue weighted by Gasteiger charge is -2.28. The smallest absolute Gasteiger partial charge is 0.151 e. The molecule has 1 aromatic carbocycles. The number of aromatic nitrogens is 2. The molecule has 0 bridgehead atoms. The normalized spacial score (nSPS) is 15.1. The van der Waals surface area contributed by atoms with E-state index in [0.717, 1.165) is 32.0 Å². The number of nitrogens with zero attached hydrogens (tertiary/aromatic N) is 3. The average molecular weight is 271 g/mol. The molecule has 0 atom stereocenters. The first-order valence-electron chi connectivity index (χ1n) is 6.58. The van der Waals surface area contributed by atoms with Gasteiger partial charge in [0.25, 0.3) is 0 Å². The van der Waals surface area contributed by atoms with Crippen LogP contribution in [0.2, 0.25) is 0 Å². The zero-order chi connectivity index (χ0) is 13.8. The van der Waals surface area contributed by atoms with E-state index in [-0.39, 0.29) is 0 Å². The predicted octanol–water partition coefficient (Wildman–Crippen LogP) is 1.64. The molecule has 2 heterocycles. The van der Waals surface area contributed by atoms with Crippen LogP contribution in [0.3, 0.4) is 0 Å². The second kappa shape index (κ2) is 5.75. The molecule has 3 rings (SSSR count). The second-order valence-corrected chi connectivity index (χ2v) is 4.60. The first-order chi connectivity index (χ1) is 9.81. The van der Waals surface area contributed by atoms with Gasteiger partial charge >= 0.3 is 0 Å². The molecule has 0 amide bonds. The molecule has 0 radical (unpaired) electrons. The first-order valence-corrected chi connectivity index (χ1v) is 6.58. The predicted molar refractivity (Wildman–Crippen MR) is 79.2 cm³/mol. The van der Waals surface area contributed by atoms with Gasteiger partial charge in [-0.25, -0.2) is 4.98 Å². The molecule has 104 valence electrons. The van der Waals surface area contributed by atoms with Crippen molar-refractivity contribution in [2.75, 3.05) is 42.3 Å². The fourth-order valence-electron chi connectivity index (χ4n) is 2.17. The van der Waals surface area contributed by atoms with Gasteiger partial charge in [0.15, 0.2) is 5.82 Å². The van der Waals surface area contributed by atoms with Crippen molar-refractivity contribution in [3.63, 3.8) is 0 Å². The fraction of sp³-hybridized carbons (Fsp3) is 0.286. The molecule has 1 aliphatic rings. The number of nitrogens with two attached hydrogens (primary N) is 1. The number of hydrogen-bond donors (Lipinski definition) is 2. The Hall–Kier alpha value is -2.34. The maximum absolute atomic E-state index is 5.60. The van der Waals surface area contributed by atoms with E-state index in [2.05, 4.69) is 32.3 Å². The van der Waals surface area contributed by atoms with Crippen LogP contribution in [0.25, 0.3) is 0 Å². The van der Waals surface area contributed by atoms with Gasteiger partial charge in [-0.15, -0.1) is 0 Å². The lowest BCUT2D eigenvalue weighted by Crippen LogP contribution is -2.36. The van der Waals surface area contributed by atoms with Gasteiger partial charge in [0.2, 0.25) is 0 Å². The molecule has 0 unspecified atom stereocenters. The maximum atomic E-state index is 5.60.